The SMILES string of the molecule is CC(C)c1ccc(C(Br)C2CCCOC2)cc1. The van der Waals surface area contributed by atoms with Gasteiger partial charge in [0.15, 0.2) is 0 Å². The van der Waals surface area contributed by atoms with Crippen LogP contribution >= 0.6 is 15.9 Å². The van der Waals surface area contributed by atoms with Gasteiger partial charge in [-0.15, -0.1) is 0 Å². The molecule has 1 fully saturated rings. The van der Waals surface area contributed by atoms with Crippen molar-refractivity contribution in [3.05, 3.63) is 35.4 Å². The first kappa shape index (κ1) is 13.1. The monoisotopic (exact) mass is 296 g/mol. The summed E-state index contributed by atoms with van der Waals surface area (Å²) in [4.78, 5) is 0.434. The maximum absolute atomic E-state index is 5.56. The average molecular weight is 297 g/mol. The summed E-state index contributed by atoms with van der Waals surface area (Å²) in [5.74, 6) is 1.23. The molecular formula is C15H21BrO. The zero-order chi connectivity index (χ0) is 12.3. The Balaban J connectivity index is 2.05. The van der Waals surface area contributed by atoms with Crippen LogP contribution in [0, 0.1) is 5.92 Å². The third-order valence-electron chi connectivity index (χ3n) is 3.53. The Morgan fingerprint density at radius 2 is 1.82 bits per heavy atom. The predicted octanol–water partition coefficient (Wildman–Crippen LogP) is 4.67. The minimum absolute atomic E-state index is 0.434. The molecule has 17 heavy (non-hydrogen) atoms. The minimum Gasteiger partial charge on any atom is -0.381 e. The molecule has 1 aliphatic heterocycles. The third kappa shape index (κ3) is 3.32. The quantitative estimate of drug-likeness (QED) is 0.736. The molecule has 2 atom stereocenters. The van der Waals surface area contributed by atoms with E-state index in [-0.39, 0.29) is 0 Å². The predicted molar refractivity (Wildman–Crippen MR) is 75.7 cm³/mol. The molecule has 2 unspecified atom stereocenters. The summed E-state index contributed by atoms with van der Waals surface area (Å²) in [5, 5.41) is 0. The van der Waals surface area contributed by atoms with Crippen molar-refractivity contribution in [3.8, 4) is 0 Å². The van der Waals surface area contributed by atoms with Crippen LogP contribution in [0.1, 0.15) is 48.6 Å². The van der Waals surface area contributed by atoms with Gasteiger partial charge in [0.05, 0.1) is 6.61 Å². The highest BCUT2D eigenvalue weighted by Crippen LogP contribution is 2.36. The number of halogens is 1. The molecule has 0 radical (unpaired) electrons. The molecule has 0 bridgehead atoms. The summed E-state index contributed by atoms with van der Waals surface area (Å²) in [6.07, 6.45) is 2.46. The molecule has 0 spiro atoms. The van der Waals surface area contributed by atoms with Crippen molar-refractivity contribution in [2.75, 3.05) is 13.2 Å². The summed E-state index contributed by atoms with van der Waals surface area (Å²) >= 11 is 3.83. The van der Waals surface area contributed by atoms with Gasteiger partial charge in [-0.1, -0.05) is 54.0 Å². The van der Waals surface area contributed by atoms with Crippen LogP contribution in [-0.4, -0.2) is 13.2 Å². The number of hydrogen-bond acceptors (Lipinski definition) is 1. The van der Waals surface area contributed by atoms with Crippen molar-refractivity contribution in [1.82, 2.24) is 0 Å². The van der Waals surface area contributed by atoms with E-state index in [0.29, 0.717) is 16.7 Å². The summed E-state index contributed by atoms with van der Waals surface area (Å²) in [5.41, 5.74) is 2.79. The molecule has 1 aromatic rings. The summed E-state index contributed by atoms with van der Waals surface area (Å²) in [7, 11) is 0. The first-order valence-corrected chi connectivity index (χ1v) is 7.41. The maximum atomic E-state index is 5.56. The molecule has 0 aromatic heterocycles. The van der Waals surface area contributed by atoms with Crippen LogP contribution in [0.4, 0.5) is 0 Å². The fraction of sp³-hybridized carbons (Fsp3) is 0.600. The largest absolute Gasteiger partial charge is 0.381 e. The molecule has 1 nitrogen and oxygen atoms in total. The molecule has 1 aromatic carbocycles. The lowest BCUT2D eigenvalue weighted by molar-refractivity contribution is 0.0546. The fourth-order valence-corrected chi connectivity index (χ4v) is 3.06. The van der Waals surface area contributed by atoms with Gasteiger partial charge in [-0.25, -0.2) is 0 Å². The first-order chi connectivity index (χ1) is 8.18. The fourth-order valence-electron chi connectivity index (χ4n) is 2.33. The highest BCUT2D eigenvalue weighted by molar-refractivity contribution is 9.09. The van der Waals surface area contributed by atoms with E-state index in [4.69, 9.17) is 4.74 Å². The number of hydrogen-bond donors (Lipinski definition) is 0. The van der Waals surface area contributed by atoms with Crippen LogP contribution in [0.5, 0.6) is 0 Å². The lowest BCUT2D eigenvalue weighted by atomic mass is 9.92. The summed E-state index contributed by atoms with van der Waals surface area (Å²) in [6, 6.07) is 9.00. The first-order valence-electron chi connectivity index (χ1n) is 6.50. The molecule has 0 aliphatic carbocycles. The second-order valence-corrected chi connectivity index (χ2v) is 6.19. The van der Waals surface area contributed by atoms with Gasteiger partial charge in [0, 0.05) is 11.4 Å². The number of ether oxygens (including phenoxy) is 1. The van der Waals surface area contributed by atoms with Crippen molar-refractivity contribution in [2.24, 2.45) is 5.92 Å². The van der Waals surface area contributed by atoms with Gasteiger partial charge in [-0.05, 0) is 35.8 Å². The van der Waals surface area contributed by atoms with Gasteiger partial charge in [0.1, 0.15) is 0 Å². The molecule has 0 saturated carbocycles. The van der Waals surface area contributed by atoms with Gasteiger partial charge < -0.3 is 4.74 Å². The van der Waals surface area contributed by atoms with Crippen LogP contribution in [0.3, 0.4) is 0 Å². The highest BCUT2D eigenvalue weighted by atomic mass is 79.9. The maximum Gasteiger partial charge on any atom is 0.0508 e. The summed E-state index contributed by atoms with van der Waals surface area (Å²) in [6.45, 7) is 6.29. The molecule has 1 aliphatic rings. The second kappa shape index (κ2) is 6.01. The van der Waals surface area contributed by atoms with E-state index in [1.165, 1.54) is 24.0 Å². The Labute approximate surface area is 113 Å². The Bertz CT molecular complexity index is 338. The van der Waals surface area contributed by atoms with E-state index in [1.807, 2.05) is 0 Å². The van der Waals surface area contributed by atoms with E-state index in [9.17, 15) is 0 Å². The van der Waals surface area contributed by atoms with Crippen molar-refractivity contribution in [2.45, 2.75) is 37.4 Å². The van der Waals surface area contributed by atoms with Crippen molar-refractivity contribution in [1.29, 1.82) is 0 Å². The molecule has 2 heteroatoms. The topological polar surface area (TPSA) is 9.23 Å². The van der Waals surface area contributed by atoms with Gasteiger partial charge in [-0.2, -0.15) is 0 Å². The summed E-state index contributed by atoms with van der Waals surface area (Å²) < 4.78 is 5.56. The van der Waals surface area contributed by atoms with E-state index in [0.717, 1.165) is 13.2 Å². The standard InChI is InChI=1S/C15H21BrO/c1-11(2)12-5-7-13(8-6-12)15(16)14-4-3-9-17-10-14/h5-8,11,14-15H,3-4,9-10H2,1-2H3. The van der Waals surface area contributed by atoms with Crippen LogP contribution in [0.15, 0.2) is 24.3 Å². The van der Waals surface area contributed by atoms with Crippen LogP contribution < -0.4 is 0 Å². The molecule has 1 saturated heterocycles. The van der Waals surface area contributed by atoms with Gasteiger partial charge in [0.25, 0.3) is 0 Å². The lowest BCUT2D eigenvalue weighted by Crippen LogP contribution is -2.20. The Morgan fingerprint density at radius 3 is 2.35 bits per heavy atom. The lowest BCUT2D eigenvalue weighted by Gasteiger charge is -2.27. The molecular weight excluding hydrogens is 276 g/mol. The number of rotatable bonds is 3. The van der Waals surface area contributed by atoms with Crippen LogP contribution in [0.25, 0.3) is 0 Å². The normalized spacial score (nSPS) is 22.7. The van der Waals surface area contributed by atoms with E-state index >= 15 is 0 Å². The number of alkyl halides is 1. The highest BCUT2D eigenvalue weighted by Gasteiger charge is 2.23. The zero-order valence-electron chi connectivity index (χ0n) is 10.7. The van der Waals surface area contributed by atoms with Crippen molar-refractivity contribution in [3.63, 3.8) is 0 Å². The van der Waals surface area contributed by atoms with E-state index in [1.54, 1.807) is 0 Å². The minimum atomic E-state index is 0.434. The third-order valence-corrected chi connectivity index (χ3v) is 4.81. The van der Waals surface area contributed by atoms with Crippen LogP contribution in [-0.2, 0) is 4.74 Å². The van der Waals surface area contributed by atoms with Crippen molar-refractivity contribution < 1.29 is 4.74 Å². The molecule has 0 N–H and O–H groups in total. The molecule has 0 amide bonds. The van der Waals surface area contributed by atoms with E-state index < -0.39 is 0 Å². The average Bonchev–Trinajstić information content (AvgIpc) is 2.39. The van der Waals surface area contributed by atoms with Gasteiger partial charge in [0.2, 0.25) is 0 Å². The second-order valence-electron chi connectivity index (χ2n) is 5.20. The van der Waals surface area contributed by atoms with E-state index in [2.05, 4.69) is 54.0 Å². The molecule has 2 rings (SSSR count). The van der Waals surface area contributed by atoms with Crippen LogP contribution in [0.2, 0.25) is 0 Å². The molecule has 94 valence electrons. The zero-order valence-corrected chi connectivity index (χ0v) is 12.2. The van der Waals surface area contributed by atoms with Crippen molar-refractivity contribution >= 4 is 15.9 Å². The smallest absolute Gasteiger partial charge is 0.0508 e. The Hall–Kier alpha value is -0.340. The molecule has 1 heterocycles. The Kier molecular flexibility index (Phi) is 4.63. The Morgan fingerprint density at radius 1 is 1.18 bits per heavy atom. The number of benzene rings is 1. The van der Waals surface area contributed by atoms with Gasteiger partial charge >= 0.3 is 0 Å². The van der Waals surface area contributed by atoms with Gasteiger partial charge in [-0.3, -0.25) is 0 Å².